The standard InChI is InChI=1S/C33H41N5O4S/c1-22-21-43-32(35-22)29-10-6-12-38(29)33(41)25-18-24(19-26(20-25)37-13-15-42-16-14-37)31(40)36-28(17-23-7-3-2-4-8-23)30(39)27-9-5-11-34-27/h2-4,7-8,18-21,27-30,34,39H,5-6,9-17H2,1H3,(H,36,40)/t27-,28+,29-,30-/m1/s1. The molecule has 3 aliphatic heterocycles. The van der Waals surface area contributed by atoms with Crippen LogP contribution in [0, 0.1) is 6.92 Å². The van der Waals surface area contributed by atoms with Crippen LogP contribution >= 0.6 is 11.3 Å². The number of likely N-dealkylation sites (tertiary alicyclic amines) is 1. The lowest BCUT2D eigenvalue weighted by atomic mass is 9.95. The van der Waals surface area contributed by atoms with Crippen LogP contribution in [-0.4, -0.2) is 84.4 Å². The third kappa shape index (κ3) is 6.93. The van der Waals surface area contributed by atoms with Crippen molar-refractivity contribution < 1.29 is 19.4 Å². The number of aliphatic hydroxyl groups is 1. The Morgan fingerprint density at radius 2 is 1.88 bits per heavy atom. The number of aryl methyl sites for hydroxylation is 1. The number of hydrogen-bond donors (Lipinski definition) is 3. The maximum atomic E-state index is 14.1. The minimum Gasteiger partial charge on any atom is -0.389 e. The molecule has 1 aromatic heterocycles. The number of nitrogens with zero attached hydrogens (tertiary/aromatic N) is 3. The number of rotatable bonds is 9. The van der Waals surface area contributed by atoms with Gasteiger partial charge in [0.2, 0.25) is 0 Å². The van der Waals surface area contributed by atoms with E-state index in [4.69, 9.17) is 4.74 Å². The number of thiazole rings is 1. The topological polar surface area (TPSA) is 107 Å². The van der Waals surface area contributed by atoms with Gasteiger partial charge in [0.15, 0.2) is 0 Å². The summed E-state index contributed by atoms with van der Waals surface area (Å²) in [5, 5.41) is 20.9. The summed E-state index contributed by atoms with van der Waals surface area (Å²) in [7, 11) is 0. The molecule has 0 unspecified atom stereocenters. The molecule has 0 radical (unpaired) electrons. The summed E-state index contributed by atoms with van der Waals surface area (Å²) < 4.78 is 5.57. The Morgan fingerprint density at radius 1 is 1.09 bits per heavy atom. The highest BCUT2D eigenvalue weighted by Crippen LogP contribution is 2.35. The van der Waals surface area contributed by atoms with E-state index in [1.165, 1.54) is 0 Å². The van der Waals surface area contributed by atoms with Crippen molar-refractivity contribution in [2.75, 3.05) is 44.3 Å². The number of ether oxygens (including phenoxy) is 1. The molecule has 0 aliphatic carbocycles. The average Bonchev–Trinajstić information content (AvgIpc) is 3.83. The molecule has 3 saturated heterocycles. The third-order valence-corrected chi connectivity index (χ3v) is 9.84. The average molecular weight is 604 g/mol. The SMILES string of the molecule is Cc1csc([C@H]2CCCN2C(=O)c2cc(C(=O)N[C@@H](Cc3ccccc3)[C@H](O)[C@H]3CCCN3)cc(N3CCOCC3)c2)n1. The number of nitrogens with one attached hydrogen (secondary N) is 2. The highest BCUT2D eigenvalue weighted by atomic mass is 32.1. The van der Waals surface area contributed by atoms with Gasteiger partial charge in [-0.15, -0.1) is 11.3 Å². The van der Waals surface area contributed by atoms with Gasteiger partial charge in [-0.3, -0.25) is 9.59 Å². The molecule has 3 N–H and O–H groups in total. The minimum absolute atomic E-state index is 0.0557. The highest BCUT2D eigenvalue weighted by Gasteiger charge is 2.34. The Kier molecular flexibility index (Phi) is 9.37. The van der Waals surface area contributed by atoms with Crippen molar-refractivity contribution in [2.45, 2.75) is 63.3 Å². The summed E-state index contributed by atoms with van der Waals surface area (Å²) in [5.74, 6) is -0.383. The molecule has 6 rings (SSSR count). The molecule has 10 heteroatoms. The molecule has 0 saturated carbocycles. The Hall–Kier alpha value is -3.31. The van der Waals surface area contributed by atoms with Crippen LogP contribution in [0.25, 0.3) is 0 Å². The van der Waals surface area contributed by atoms with E-state index in [9.17, 15) is 14.7 Å². The Labute approximate surface area is 257 Å². The van der Waals surface area contributed by atoms with Crippen LogP contribution in [0.4, 0.5) is 5.69 Å². The third-order valence-electron chi connectivity index (χ3n) is 8.78. The van der Waals surface area contributed by atoms with E-state index in [1.54, 1.807) is 17.4 Å². The summed E-state index contributed by atoms with van der Waals surface area (Å²) in [4.78, 5) is 36.8. The number of aliphatic hydroxyl groups excluding tert-OH is 1. The normalized spacial score (nSPS) is 22.0. The summed E-state index contributed by atoms with van der Waals surface area (Å²) in [6, 6.07) is 14.8. The lowest BCUT2D eigenvalue weighted by molar-refractivity contribution is 0.0733. The highest BCUT2D eigenvalue weighted by molar-refractivity contribution is 7.09. The molecule has 2 amide bonds. The summed E-state index contributed by atoms with van der Waals surface area (Å²) in [6.45, 7) is 6.05. The van der Waals surface area contributed by atoms with Crippen LogP contribution < -0.4 is 15.5 Å². The number of morpholine rings is 1. The molecule has 3 aliphatic rings. The van der Waals surface area contributed by atoms with E-state index in [1.807, 2.05) is 59.7 Å². The van der Waals surface area contributed by atoms with Crippen molar-refractivity contribution in [1.29, 1.82) is 0 Å². The number of anilines is 1. The molecule has 43 heavy (non-hydrogen) atoms. The van der Waals surface area contributed by atoms with Gasteiger partial charge < -0.3 is 30.3 Å². The zero-order valence-corrected chi connectivity index (χ0v) is 25.5. The van der Waals surface area contributed by atoms with E-state index in [2.05, 4.69) is 20.5 Å². The van der Waals surface area contributed by atoms with Crippen molar-refractivity contribution in [3.05, 3.63) is 81.3 Å². The molecule has 4 atom stereocenters. The molecular weight excluding hydrogens is 562 g/mol. The van der Waals surface area contributed by atoms with Crippen LogP contribution in [-0.2, 0) is 11.2 Å². The molecule has 9 nitrogen and oxygen atoms in total. The number of hydrogen-bond acceptors (Lipinski definition) is 8. The molecule has 3 aromatic rings. The van der Waals surface area contributed by atoms with Crippen LogP contribution in [0.2, 0.25) is 0 Å². The lowest BCUT2D eigenvalue weighted by Crippen LogP contribution is -2.52. The van der Waals surface area contributed by atoms with Gasteiger partial charge in [0, 0.05) is 53.6 Å². The Bertz CT molecular complexity index is 1400. The maximum absolute atomic E-state index is 14.1. The minimum atomic E-state index is -0.748. The van der Waals surface area contributed by atoms with E-state index in [0.717, 1.165) is 54.2 Å². The first kappa shape index (κ1) is 29.7. The van der Waals surface area contributed by atoms with Crippen LogP contribution in [0.1, 0.15) is 68.7 Å². The molecule has 4 heterocycles. The quantitative estimate of drug-likeness (QED) is 0.342. The van der Waals surface area contributed by atoms with Gasteiger partial charge in [-0.1, -0.05) is 30.3 Å². The smallest absolute Gasteiger partial charge is 0.254 e. The largest absolute Gasteiger partial charge is 0.389 e. The van der Waals surface area contributed by atoms with Gasteiger partial charge >= 0.3 is 0 Å². The first-order valence-corrected chi connectivity index (χ1v) is 16.3. The molecular formula is C33H41N5O4S. The van der Waals surface area contributed by atoms with Crippen molar-refractivity contribution in [3.8, 4) is 0 Å². The van der Waals surface area contributed by atoms with Crippen LogP contribution in [0.3, 0.4) is 0 Å². The predicted octanol–water partition coefficient (Wildman–Crippen LogP) is 3.72. The fourth-order valence-corrected chi connectivity index (χ4v) is 7.43. The summed E-state index contributed by atoms with van der Waals surface area (Å²) >= 11 is 1.60. The van der Waals surface area contributed by atoms with Gasteiger partial charge in [-0.2, -0.15) is 0 Å². The number of amides is 2. The fraction of sp³-hybridized carbons (Fsp3) is 0.485. The Balaban J connectivity index is 1.29. The first-order chi connectivity index (χ1) is 21.0. The Morgan fingerprint density at radius 3 is 2.60 bits per heavy atom. The molecule has 0 bridgehead atoms. The van der Waals surface area contributed by atoms with Crippen molar-refractivity contribution in [3.63, 3.8) is 0 Å². The van der Waals surface area contributed by atoms with Gasteiger partial charge in [0.05, 0.1) is 31.4 Å². The second-order valence-electron chi connectivity index (χ2n) is 11.8. The van der Waals surface area contributed by atoms with Gasteiger partial charge in [-0.25, -0.2) is 4.98 Å². The zero-order valence-electron chi connectivity index (χ0n) is 24.7. The summed E-state index contributed by atoms with van der Waals surface area (Å²) in [5.41, 5.74) is 3.75. The number of benzene rings is 2. The second kappa shape index (κ2) is 13.5. The lowest BCUT2D eigenvalue weighted by Gasteiger charge is -2.31. The van der Waals surface area contributed by atoms with E-state index >= 15 is 0 Å². The molecule has 2 aromatic carbocycles. The number of carbonyl (C=O) groups is 2. The van der Waals surface area contributed by atoms with Crippen molar-refractivity contribution in [2.24, 2.45) is 0 Å². The predicted molar refractivity (Wildman–Crippen MR) is 168 cm³/mol. The molecule has 228 valence electrons. The van der Waals surface area contributed by atoms with Gasteiger partial charge in [0.25, 0.3) is 11.8 Å². The van der Waals surface area contributed by atoms with Gasteiger partial charge in [-0.05, 0) is 69.3 Å². The van der Waals surface area contributed by atoms with Gasteiger partial charge in [0.1, 0.15) is 5.01 Å². The summed E-state index contributed by atoms with van der Waals surface area (Å²) in [6.07, 6.45) is 3.41. The van der Waals surface area contributed by atoms with E-state index in [-0.39, 0.29) is 23.9 Å². The molecule has 3 fully saturated rings. The van der Waals surface area contributed by atoms with Crippen LogP contribution in [0.15, 0.2) is 53.9 Å². The number of aromatic nitrogens is 1. The number of carbonyl (C=O) groups excluding carboxylic acids is 2. The monoisotopic (exact) mass is 603 g/mol. The maximum Gasteiger partial charge on any atom is 0.254 e. The fourth-order valence-electron chi connectivity index (χ4n) is 6.49. The van der Waals surface area contributed by atoms with Crippen LogP contribution in [0.5, 0.6) is 0 Å². The van der Waals surface area contributed by atoms with Crippen molar-refractivity contribution in [1.82, 2.24) is 20.5 Å². The van der Waals surface area contributed by atoms with E-state index in [0.29, 0.717) is 50.4 Å². The zero-order chi connectivity index (χ0) is 29.8. The molecule has 0 spiro atoms. The van der Waals surface area contributed by atoms with E-state index < -0.39 is 12.1 Å². The first-order valence-electron chi connectivity index (χ1n) is 15.4. The second-order valence-corrected chi connectivity index (χ2v) is 12.7. The van der Waals surface area contributed by atoms with Crippen molar-refractivity contribution >= 4 is 28.8 Å².